The number of hydrogen-bond acceptors (Lipinski definition) is 4. The lowest BCUT2D eigenvalue weighted by molar-refractivity contribution is -0.126. The van der Waals surface area contributed by atoms with Crippen LogP contribution in [0.15, 0.2) is 0 Å². The molecule has 2 aliphatic rings. The molecule has 1 heterocycles. The minimum atomic E-state index is -0.512. The Morgan fingerprint density at radius 1 is 1.32 bits per heavy atom. The van der Waals surface area contributed by atoms with Crippen LogP contribution in [-0.2, 0) is 9.53 Å². The largest absolute Gasteiger partial charge is 0.381 e. The third kappa shape index (κ3) is 3.09. The highest BCUT2D eigenvalue weighted by Gasteiger charge is 2.42. The molecule has 0 aromatic carbocycles. The lowest BCUT2D eigenvalue weighted by Gasteiger charge is -2.45. The summed E-state index contributed by atoms with van der Waals surface area (Å²) in [5.74, 6) is -0.208. The van der Waals surface area contributed by atoms with Crippen LogP contribution in [0.4, 0.5) is 0 Å². The SMILES string of the molecule is CNC1(C(N)=O)CCCC(N(C)C2CCOCC2)C1. The summed E-state index contributed by atoms with van der Waals surface area (Å²) in [6.07, 6.45) is 6.09. The second-order valence-electron chi connectivity index (χ2n) is 5.96. The zero-order chi connectivity index (χ0) is 13.9. The number of rotatable bonds is 4. The Balaban J connectivity index is 2.01. The van der Waals surface area contributed by atoms with Gasteiger partial charge in [0.1, 0.15) is 0 Å². The maximum atomic E-state index is 11.8. The Bertz CT molecular complexity index is 318. The first-order valence-electron chi connectivity index (χ1n) is 7.37. The second kappa shape index (κ2) is 6.20. The Hall–Kier alpha value is -0.650. The summed E-state index contributed by atoms with van der Waals surface area (Å²) in [4.78, 5) is 14.2. The van der Waals surface area contributed by atoms with Gasteiger partial charge in [-0.2, -0.15) is 0 Å². The summed E-state index contributed by atoms with van der Waals surface area (Å²) in [5, 5.41) is 3.18. The molecule has 110 valence electrons. The van der Waals surface area contributed by atoms with Gasteiger partial charge in [0.05, 0.1) is 5.54 Å². The Morgan fingerprint density at radius 3 is 2.58 bits per heavy atom. The van der Waals surface area contributed by atoms with Crippen LogP contribution >= 0.6 is 0 Å². The van der Waals surface area contributed by atoms with E-state index in [9.17, 15) is 4.79 Å². The summed E-state index contributed by atoms with van der Waals surface area (Å²) in [6, 6.07) is 1.02. The fourth-order valence-electron chi connectivity index (χ4n) is 3.56. The summed E-state index contributed by atoms with van der Waals surface area (Å²) >= 11 is 0. The number of primary amides is 1. The molecule has 0 bridgehead atoms. The summed E-state index contributed by atoms with van der Waals surface area (Å²) < 4.78 is 5.42. The quantitative estimate of drug-likeness (QED) is 0.779. The van der Waals surface area contributed by atoms with Crippen molar-refractivity contribution in [2.45, 2.75) is 56.1 Å². The van der Waals surface area contributed by atoms with Crippen LogP contribution in [0.25, 0.3) is 0 Å². The molecule has 2 rings (SSSR count). The number of nitrogens with two attached hydrogens (primary N) is 1. The van der Waals surface area contributed by atoms with Crippen molar-refractivity contribution < 1.29 is 9.53 Å². The number of amides is 1. The van der Waals surface area contributed by atoms with Crippen LogP contribution in [-0.4, -0.2) is 55.7 Å². The van der Waals surface area contributed by atoms with E-state index in [0.717, 1.165) is 51.7 Å². The predicted molar refractivity (Wildman–Crippen MR) is 74.8 cm³/mol. The molecule has 1 saturated carbocycles. The molecule has 0 aromatic rings. The van der Waals surface area contributed by atoms with Crippen molar-refractivity contribution in [1.82, 2.24) is 10.2 Å². The molecule has 5 nitrogen and oxygen atoms in total. The number of carbonyl (C=O) groups excluding carboxylic acids is 1. The third-order valence-electron chi connectivity index (χ3n) is 5.02. The molecule has 19 heavy (non-hydrogen) atoms. The number of carbonyl (C=O) groups is 1. The number of nitrogens with zero attached hydrogens (tertiary/aromatic N) is 1. The normalized spacial score (nSPS) is 33.5. The van der Waals surface area contributed by atoms with E-state index in [1.165, 1.54) is 0 Å². The number of likely N-dealkylation sites (N-methyl/N-ethyl adjacent to an activating group) is 1. The van der Waals surface area contributed by atoms with Gasteiger partial charge in [-0.25, -0.2) is 0 Å². The zero-order valence-corrected chi connectivity index (χ0v) is 12.2. The molecule has 1 amide bonds. The van der Waals surface area contributed by atoms with Crippen LogP contribution in [0.1, 0.15) is 38.5 Å². The van der Waals surface area contributed by atoms with Gasteiger partial charge in [0.25, 0.3) is 0 Å². The Labute approximate surface area is 115 Å². The Kier molecular flexibility index (Phi) is 4.81. The van der Waals surface area contributed by atoms with Crippen molar-refractivity contribution in [2.24, 2.45) is 5.73 Å². The van der Waals surface area contributed by atoms with Crippen molar-refractivity contribution in [2.75, 3.05) is 27.3 Å². The van der Waals surface area contributed by atoms with Gasteiger partial charge in [0.2, 0.25) is 5.91 Å². The van der Waals surface area contributed by atoms with Crippen LogP contribution in [0.2, 0.25) is 0 Å². The second-order valence-corrected chi connectivity index (χ2v) is 5.96. The maximum Gasteiger partial charge on any atom is 0.237 e. The predicted octanol–water partition coefficient (Wildman–Crippen LogP) is 0.483. The standard InChI is InChI=1S/C14H27N3O2/c1-16-14(13(15)18)7-3-4-12(10-14)17(2)11-5-8-19-9-6-11/h11-12,16H,3-10H2,1-2H3,(H2,15,18). The third-order valence-corrected chi connectivity index (χ3v) is 5.02. The van der Waals surface area contributed by atoms with E-state index in [2.05, 4.69) is 17.3 Å². The zero-order valence-electron chi connectivity index (χ0n) is 12.2. The van der Waals surface area contributed by atoms with Gasteiger partial charge in [-0.05, 0) is 52.6 Å². The molecule has 1 aliphatic carbocycles. The first-order valence-corrected chi connectivity index (χ1v) is 7.37. The molecule has 3 N–H and O–H groups in total. The average molecular weight is 269 g/mol. The van der Waals surface area contributed by atoms with Gasteiger partial charge < -0.3 is 20.7 Å². The molecule has 2 atom stereocenters. The number of nitrogens with one attached hydrogen (secondary N) is 1. The van der Waals surface area contributed by atoms with Crippen LogP contribution in [0.3, 0.4) is 0 Å². The van der Waals surface area contributed by atoms with E-state index in [1.54, 1.807) is 0 Å². The monoisotopic (exact) mass is 269 g/mol. The molecule has 2 fully saturated rings. The first kappa shape index (κ1) is 14.8. The summed E-state index contributed by atoms with van der Waals surface area (Å²) in [5.41, 5.74) is 5.10. The lowest BCUT2D eigenvalue weighted by Crippen LogP contribution is -2.60. The van der Waals surface area contributed by atoms with Crippen molar-refractivity contribution >= 4 is 5.91 Å². The van der Waals surface area contributed by atoms with Gasteiger partial charge >= 0.3 is 0 Å². The van der Waals surface area contributed by atoms with Crippen molar-refractivity contribution in [3.63, 3.8) is 0 Å². The van der Waals surface area contributed by atoms with Crippen molar-refractivity contribution in [3.05, 3.63) is 0 Å². The first-order chi connectivity index (χ1) is 9.09. The molecular weight excluding hydrogens is 242 g/mol. The number of ether oxygens (including phenoxy) is 1. The van der Waals surface area contributed by atoms with Crippen molar-refractivity contribution in [3.8, 4) is 0 Å². The highest BCUT2D eigenvalue weighted by Crippen LogP contribution is 2.32. The van der Waals surface area contributed by atoms with Crippen LogP contribution < -0.4 is 11.1 Å². The highest BCUT2D eigenvalue weighted by molar-refractivity contribution is 5.84. The van der Waals surface area contributed by atoms with Gasteiger partial charge in [-0.15, -0.1) is 0 Å². The van der Waals surface area contributed by atoms with Crippen molar-refractivity contribution in [1.29, 1.82) is 0 Å². The van der Waals surface area contributed by atoms with E-state index in [1.807, 2.05) is 7.05 Å². The summed E-state index contributed by atoms with van der Waals surface area (Å²) in [7, 11) is 4.04. The van der Waals surface area contributed by atoms with E-state index in [-0.39, 0.29) is 5.91 Å². The molecule has 0 radical (unpaired) electrons. The molecule has 0 spiro atoms. The molecule has 5 heteroatoms. The minimum absolute atomic E-state index is 0.208. The molecule has 1 saturated heterocycles. The number of hydrogen-bond donors (Lipinski definition) is 2. The van der Waals surface area contributed by atoms with Gasteiger partial charge in [-0.3, -0.25) is 4.79 Å². The fraction of sp³-hybridized carbons (Fsp3) is 0.929. The molecular formula is C14H27N3O2. The van der Waals surface area contributed by atoms with E-state index >= 15 is 0 Å². The molecule has 0 aromatic heterocycles. The molecule has 1 aliphatic heterocycles. The van der Waals surface area contributed by atoms with Gasteiger partial charge in [0.15, 0.2) is 0 Å². The van der Waals surface area contributed by atoms with E-state index in [0.29, 0.717) is 12.1 Å². The summed E-state index contributed by atoms with van der Waals surface area (Å²) in [6.45, 7) is 1.71. The van der Waals surface area contributed by atoms with Crippen LogP contribution in [0.5, 0.6) is 0 Å². The van der Waals surface area contributed by atoms with Crippen LogP contribution in [0, 0.1) is 0 Å². The molecule has 2 unspecified atom stereocenters. The van der Waals surface area contributed by atoms with E-state index < -0.39 is 5.54 Å². The lowest BCUT2D eigenvalue weighted by atomic mass is 9.77. The maximum absolute atomic E-state index is 11.8. The van der Waals surface area contributed by atoms with Gasteiger partial charge in [0, 0.05) is 25.3 Å². The fourth-order valence-corrected chi connectivity index (χ4v) is 3.56. The Morgan fingerprint density at radius 2 is 2.00 bits per heavy atom. The van der Waals surface area contributed by atoms with E-state index in [4.69, 9.17) is 10.5 Å². The minimum Gasteiger partial charge on any atom is -0.381 e. The smallest absolute Gasteiger partial charge is 0.237 e. The topological polar surface area (TPSA) is 67.6 Å². The highest BCUT2D eigenvalue weighted by atomic mass is 16.5. The average Bonchev–Trinajstić information content (AvgIpc) is 2.47. The van der Waals surface area contributed by atoms with Gasteiger partial charge in [-0.1, -0.05) is 0 Å².